The van der Waals surface area contributed by atoms with E-state index in [0.717, 1.165) is 0 Å². The van der Waals surface area contributed by atoms with E-state index in [0.29, 0.717) is 11.5 Å². The third-order valence-corrected chi connectivity index (χ3v) is 2.63. The van der Waals surface area contributed by atoms with Crippen LogP contribution in [0.25, 0.3) is 0 Å². The van der Waals surface area contributed by atoms with Gasteiger partial charge in [-0.25, -0.2) is 9.59 Å². The number of ether oxygens (including phenoxy) is 5. The molecule has 0 aromatic heterocycles. The van der Waals surface area contributed by atoms with Gasteiger partial charge in [0.25, 0.3) is 0 Å². The van der Waals surface area contributed by atoms with E-state index < -0.39 is 11.9 Å². The largest absolute Gasteiger partial charge is 0.478 e. The Hall–Kier alpha value is -2.58. The third kappa shape index (κ3) is 6.67. The van der Waals surface area contributed by atoms with Gasteiger partial charge in [-0.05, 0) is 25.1 Å². The fourth-order valence-electron chi connectivity index (χ4n) is 1.57. The van der Waals surface area contributed by atoms with Crippen LogP contribution in [0.5, 0.6) is 5.75 Å². The number of carboxylic acid groups (broad SMARTS) is 1. The van der Waals surface area contributed by atoms with Crippen molar-refractivity contribution in [2.24, 2.45) is 0 Å². The molecule has 0 bridgehead atoms. The maximum absolute atomic E-state index is 12.1. The van der Waals surface area contributed by atoms with Gasteiger partial charge in [0.05, 0.1) is 23.5 Å². The van der Waals surface area contributed by atoms with Crippen LogP contribution in [0.3, 0.4) is 0 Å². The molecular weight excluding hydrogens is 320 g/mol. The summed E-state index contributed by atoms with van der Waals surface area (Å²) in [6.07, 6.45) is 0. The number of allylic oxidation sites excluding steroid dienone is 1. The Balaban J connectivity index is 2.62. The zero-order chi connectivity index (χ0) is 17.9. The van der Waals surface area contributed by atoms with Gasteiger partial charge in [-0.3, -0.25) is 0 Å². The molecule has 8 nitrogen and oxygen atoms in total. The van der Waals surface area contributed by atoms with Gasteiger partial charge in [0.15, 0.2) is 13.6 Å². The van der Waals surface area contributed by atoms with Crippen LogP contribution in [0.4, 0.5) is 0 Å². The summed E-state index contributed by atoms with van der Waals surface area (Å²) in [6.45, 7) is 5.22. The summed E-state index contributed by atoms with van der Waals surface area (Å²) in [5.41, 5.74) is -0.300. The molecule has 1 rings (SSSR count). The van der Waals surface area contributed by atoms with Gasteiger partial charge in [-0.15, -0.1) is 0 Å². The fraction of sp³-hybridized carbons (Fsp3) is 0.375. The summed E-state index contributed by atoms with van der Waals surface area (Å²) >= 11 is 0. The lowest BCUT2D eigenvalue weighted by atomic mass is 10.1. The van der Waals surface area contributed by atoms with Crippen molar-refractivity contribution in [2.75, 3.05) is 33.9 Å². The highest BCUT2D eigenvalue weighted by atomic mass is 16.7. The Morgan fingerprint density at radius 2 is 1.88 bits per heavy atom. The molecule has 0 amide bonds. The SMILES string of the molecule is C=C(C)OCOCCOC(=O)c1cc(OCOC)ccc1C(=O)O. The van der Waals surface area contributed by atoms with Crippen molar-refractivity contribution in [1.29, 1.82) is 0 Å². The van der Waals surface area contributed by atoms with Gasteiger partial charge in [0.2, 0.25) is 0 Å². The molecule has 1 aromatic rings. The first-order valence-corrected chi connectivity index (χ1v) is 6.98. The maximum atomic E-state index is 12.1. The number of carboxylic acids is 1. The first-order valence-electron chi connectivity index (χ1n) is 6.98. The molecule has 0 aliphatic rings. The van der Waals surface area contributed by atoms with Crippen molar-refractivity contribution >= 4 is 11.9 Å². The van der Waals surface area contributed by atoms with Crippen LogP contribution in [-0.2, 0) is 18.9 Å². The standard InChI is InChI=1S/C16H20O8/c1-11(2)23-10-21-6-7-22-16(19)14-8-12(24-9-20-3)4-5-13(14)15(17)18/h4-5,8H,1,6-7,9-10H2,2-3H3,(H,17,18). The molecule has 1 aromatic carbocycles. The smallest absolute Gasteiger partial charge is 0.339 e. The molecular formula is C16H20O8. The summed E-state index contributed by atoms with van der Waals surface area (Å²) in [4.78, 5) is 23.3. The Morgan fingerprint density at radius 3 is 2.50 bits per heavy atom. The molecule has 24 heavy (non-hydrogen) atoms. The third-order valence-electron chi connectivity index (χ3n) is 2.63. The van der Waals surface area contributed by atoms with Crippen molar-refractivity contribution in [2.45, 2.75) is 6.92 Å². The zero-order valence-corrected chi connectivity index (χ0v) is 13.6. The van der Waals surface area contributed by atoms with Crippen LogP contribution in [0, 0.1) is 0 Å². The van der Waals surface area contributed by atoms with Crippen LogP contribution in [-0.4, -0.2) is 51.0 Å². The second-order valence-corrected chi connectivity index (χ2v) is 4.57. The molecule has 0 aliphatic heterocycles. The normalized spacial score (nSPS) is 10.1. The van der Waals surface area contributed by atoms with Gasteiger partial charge >= 0.3 is 11.9 Å². The number of carbonyl (C=O) groups is 2. The molecule has 0 aliphatic carbocycles. The van der Waals surface area contributed by atoms with Gasteiger partial charge in [-0.2, -0.15) is 0 Å². The van der Waals surface area contributed by atoms with E-state index in [1.165, 1.54) is 25.3 Å². The van der Waals surface area contributed by atoms with Gasteiger partial charge in [0.1, 0.15) is 12.4 Å². The molecule has 1 N–H and O–H groups in total. The number of aromatic carboxylic acids is 1. The molecule has 0 saturated carbocycles. The van der Waals surface area contributed by atoms with E-state index >= 15 is 0 Å². The molecule has 0 radical (unpaired) electrons. The van der Waals surface area contributed by atoms with Gasteiger partial charge < -0.3 is 28.8 Å². The molecule has 132 valence electrons. The van der Waals surface area contributed by atoms with Crippen molar-refractivity contribution in [3.63, 3.8) is 0 Å². The number of carbonyl (C=O) groups excluding carboxylic acids is 1. The first kappa shape index (κ1) is 19.5. The highest BCUT2D eigenvalue weighted by Gasteiger charge is 2.19. The number of esters is 1. The van der Waals surface area contributed by atoms with E-state index in [9.17, 15) is 9.59 Å². The van der Waals surface area contributed by atoms with Crippen LogP contribution >= 0.6 is 0 Å². The molecule has 0 unspecified atom stereocenters. The topological polar surface area (TPSA) is 101 Å². The number of methoxy groups -OCH3 is 1. The zero-order valence-electron chi connectivity index (χ0n) is 13.6. The lowest BCUT2D eigenvalue weighted by Gasteiger charge is -2.11. The summed E-state index contributed by atoms with van der Waals surface area (Å²) in [5.74, 6) is -1.24. The Morgan fingerprint density at radius 1 is 1.12 bits per heavy atom. The average Bonchev–Trinajstić information content (AvgIpc) is 2.55. The number of rotatable bonds is 11. The summed E-state index contributed by atoms with van der Waals surface area (Å²) in [7, 11) is 1.44. The van der Waals surface area contributed by atoms with E-state index in [-0.39, 0.29) is 37.9 Å². The van der Waals surface area contributed by atoms with Crippen LogP contribution in [0.1, 0.15) is 27.6 Å². The Kier molecular flexibility index (Phi) is 8.31. The number of benzene rings is 1. The molecule has 0 fully saturated rings. The molecule has 0 atom stereocenters. The lowest BCUT2D eigenvalue weighted by molar-refractivity contribution is -0.0387. The van der Waals surface area contributed by atoms with E-state index in [4.69, 9.17) is 28.8 Å². The maximum Gasteiger partial charge on any atom is 0.339 e. The van der Waals surface area contributed by atoms with Crippen molar-refractivity contribution in [3.8, 4) is 5.75 Å². The second kappa shape index (κ2) is 10.2. The van der Waals surface area contributed by atoms with Crippen LogP contribution in [0.15, 0.2) is 30.5 Å². The van der Waals surface area contributed by atoms with Gasteiger partial charge in [0, 0.05) is 7.11 Å². The number of hydrogen-bond donors (Lipinski definition) is 1. The minimum atomic E-state index is -1.24. The van der Waals surface area contributed by atoms with E-state index in [2.05, 4.69) is 6.58 Å². The van der Waals surface area contributed by atoms with E-state index in [1.54, 1.807) is 6.92 Å². The Labute approximate surface area is 139 Å². The highest BCUT2D eigenvalue weighted by Crippen LogP contribution is 2.19. The minimum Gasteiger partial charge on any atom is -0.478 e. The fourth-order valence-corrected chi connectivity index (χ4v) is 1.57. The molecule has 8 heteroatoms. The lowest BCUT2D eigenvalue weighted by Crippen LogP contribution is -2.15. The molecule has 0 saturated heterocycles. The van der Waals surface area contributed by atoms with Crippen LogP contribution in [0.2, 0.25) is 0 Å². The summed E-state index contributed by atoms with van der Waals surface area (Å²) < 4.78 is 25.0. The summed E-state index contributed by atoms with van der Waals surface area (Å²) in [6, 6.07) is 3.98. The van der Waals surface area contributed by atoms with Gasteiger partial charge in [-0.1, -0.05) is 6.58 Å². The quantitative estimate of drug-likeness (QED) is 0.283. The van der Waals surface area contributed by atoms with Crippen molar-refractivity contribution in [1.82, 2.24) is 0 Å². The molecule has 0 spiro atoms. The van der Waals surface area contributed by atoms with Crippen molar-refractivity contribution in [3.05, 3.63) is 41.7 Å². The monoisotopic (exact) mass is 340 g/mol. The Bertz CT molecular complexity index is 581. The van der Waals surface area contributed by atoms with Crippen LogP contribution < -0.4 is 4.74 Å². The van der Waals surface area contributed by atoms with E-state index in [1.807, 2.05) is 0 Å². The first-order chi connectivity index (χ1) is 11.5. The second-order valence-electron chi connectivity index (χ2n) is 4.57. The summed E-state index contributed by atoms with van der Waals surface area (Å²) in [5, 5.41) is 9.15. The average molecular weight is 340 g/mol. The predicted octanol–water partition coefficient (Wildman–Crippen LogP) is 2.05. The highest BCUT2D eigenvalue weighted by molar-refractivity contribution is 6.02. The molecule has 0 heterocycles. The minimum absolute atomic E-state index is 0.00635. The number of hydrogen-bond acceptors (Lipinski definition) is 7. The predicted molar refractivity (Wildman–Crippen MR) is 82.9 cm³/mol. The van der Waals surface area contributed by atoms with Crippen molar-refractivity contribution < 1.29 is 38.4 Å².